The Morgan fingerprint density at radius 3 is 2.55 bits per heavy atom. The van der Waals surface area contributed by atoms with Crippen molar-refractivity contribution in [2.45, 2.75) is 51.5 Å². The number of amides is 2. The van der Waals surface area contributed by atoms with Crippen LogP contribution in [0.4, 0.5) is 0 Å². The SMILES string of the molecule is CC(=O)NCCNC(=O)CN1CCCC2CCCCC21. The summed E-state index contributed by atoms with van der Waals surface area (Å²) in [6.45, 7) is 4.08. The van der Waals surface area contributed by atoms with Gasteiger partial charge in [0, 0.05) is 26.1 Å². The number of piperidine rings is 1. The highest BCUT2D eigenvalue weighted by molar-refractivity contribution is 5.78. The van der Waals surface area contributed by atoms with Crippen molar-refractivity contribution in [3.63, 3.8) is 0 Å². The number of hydrogen-bond acceptors (Lipinski definition) is 3. The molecule has 2 unspecified atom stereocenters. The average Bonchev–Trinajstić information content (AvgIpc) is 2.44. The molecular formula is C15H27N3O2. The smallest absolute Gasteiger partial charge is 0.234 e. The summed E-state index contributed by atoms with van der Waals surface area (Å²) in [6, 6.07) is 0.624. The van der Waals surface area contributed by atoms with E-state index in [9.17, 15) is 9.59 Å². The third-order valence-corrected chi connectivity index (χ3v) is 4.53. The normalized spacial score (nSPS) is 26.6. The first kappa shape index (κ1) is 15.3. The maximum atomic E-state index is 12.0. The lowest BCUT2D eigenvalue weighted by molar-refractivity contribution is -0.124. The van der Waals surface area contributed by atoms with Crippen molar-refractivity contribution in [1.29, 1.82) is 0 Å². The van der Waals surface area contributed by atoms with E-state index in [0.717, 1.165) is 12.5 Å². The predicted molar refractivity (Wildman–Crippen MR) is 78.2 cm³/mol. The van der Waals surface area contributed by atoms with Crippen LogP contribution >= 0.6 is 0 Å². The van der Waals surface area contributed by atoms with Crippen molar-refractivity contribution in [3.05, 3.63) is 0 Å². The minimum atomic E-state index is -0.0553. The molecule has 1 saturated carbocycles. The Morgan fingerprint density at radius 2 is 1.75 bits per heavy atom. The van der Waals surface area contributed by atoms with E-state index >= 15 is 0 Å². The Kier molecular flexibility index (Phi) is 5.83. The largest absolute Gasteiger partial charge is 0.355 e. The van der Waals surface area contributed by atoms with Crippen LogP contribution in [0.3, 0.4) is 0 Å². The van der Waals surface area contributed by atoms with Crippen LogP contribution in [0.25, 0.3) is 0 Å². The minimum Gasteiger partial charge on any atom is -0.355 e. The second-order valence-corrected chi connectivity index (χ2v) is 6.06. The zero-order valence-corrected chi connectivity index (χ0v) is 12.5. The van der Waals surface area contributed by atoms with Gasteiger partial charge in [0.25, 0.3) is 0 Å². The van der Waals surface area contributed by atoms with E-state index in [1.165, 1.54) is 45.4 Å². The van der Waals surface area contributed by atoms with Gasteiger partial charge in [0.1, 0.15) is 0 Å². The first-order valence-corrected chi connectivity index (χ1v) is 7.92. The summed E-state index contributed by atoms with van der Waals surface area (Å²) < 4.78 is 0. The Labute approximate surface area is 121 Å². The maximum Gasteiger partial charge on any atom is 0.234 e. The number of likely N-dealkylation sites (tertiary alicyclic amines) is 1. The molecule has 20 heavy (non-hydrogen) atoms. The van der Waals surface area contributed by atoms with Gasteiger partial charge < -0.3 is 10.6 Å². The maximum absolute atomic E-state index is 12.0. The number of nitrogens with zero attached hydrogens (tertiary/aromatic N) is 1. The van der Waals surface area contributed by atoms with Gasteiger partial charge in [-0.05, 0) is 38.1 Å². The lowest BCUT2D eigenvalue weighted by Gasteiger charge is -2.43. The van der Waals surface area contributed by atoms with Crippen molar-refractivity contribution >= 4 is 11.8 Å². The number of carbonyl (C=O) groups is 2. The fraction of sp³-hybridized carbons (Fsp3) is 0.867. The van der Waals surface area contributed by atoms with E-state index in [2.05, 4.69) is 15.5 Å². The molecule has 1 aliphatic heterocycles. The molecule has 5 heteroatoms. The van der Waals surface area contributed by atoms with E-state index in [-0.39, 0.29) is 11.8 Å². The van der Waals surface area contributed by atoms with E-state index in [1.807, 2.05) is 0 Å². The van der Waals surface area contributed by atoms with Gasteiger partial charge in [-0.25, -0.2) is 0 Å². The van der Waals surface area contributed by atoms with Crippen LogP contribution in [0.15, 0.2) is 0 Å². The first-order chi connectivity index (χ1) is 9.66. The van der Waals surface area contributed by atoms with E-state index in [0.29, 0.717) is 25.7 Å². The minimum absolute atomic E-state index is 0.0553. The van der Waals surface area contributed by atoms with Gasteiger partial charge >= 0.3 is 0 Å². The standard InChI is InChI=1S/C15H27N3O2/c1-12(19)16-8-9-17-15(20)11-18-10-4-6-13-5-2-3-7-14(13)18/h13-14H,2-11H2,1H3,(H,16,19)(H,17,20). The summed E-state index contributed by atoms with van der Waals surface area (Å²) >= 11 is 0. The van der Waals surface area contributed by atoms with Crippen LogP contribution in [-0.4, -0.2) is 48.9 Å². The summed E-state index contributed by atoms with van der Waals surface area (Å²) in [5, 5.41) is 5.57. The highest BCUT2D eigenvalue weighted by atomic mass is 16.2. The molecule has 0 bridgehead atoms. The summed E-state index contributed by atoms with van der Waals surface area (Å²) in [6.07, 6.45) is 7.82. The van der Waals surface area contributed by atoms with Gasteiger partial charge in [-0.3, -0.25) is 14.5 Å². The van der Waals surface area contributed by atoms with Crippen LogP contribution in [0.2, 0.25) is 0 Å². The number of rotatable bonds is 5. The predicted octanol–water partition coefficient (Wildman–Crippen LogP) is 0.893. The second-order valence-electron chi connectivity index (χ2n) is 6.06. The van der Waals surface area contributed by atoms with Crippen molar-refractivity contribution in [1.82, 2.24) is 15.5 Å². The van der Waals surface area contributed by atoms with E-state index in [4.69, 9.17) is 0 Å². The molecule has 1 saturated heterocycles. The van der Waals surface area contributed by atoms with Crippen LogP contribution < -0.4 is 10.6 Å². The first-order valence-electron chi connectivity index (χ1n) is 7.92. The molecule has 0 aromatic carbocycles. The number of carbonyl (C=O) groups excluding carboxylic acids is 2. The quantitative estimate of drug-likeness (QED) is 0.736. The summed E-state index contributed by atoms with van der Waals surface area (Å²) in [4.78, 5) is 25.1. The fourth-order valence-corrected chi connectivity index (χ4v) is 3.61. The lowest BCUT2D eigenvalue weighted by Crippen LogP contribution is -2.50. The van der Waals surface area contributed by atoms with Crippen molar-refractivity contribution < 1.29 is 9.59 Å². The van der Waals surface area contributed by atoms with E-state index < -0.39 is 0 Å². The molecule has 2 aliphatic rings. The zero-order chi connectivity index (χ0) is 14.4. The number of nitrogens with one attached hydrogen (secondary N) is 2. The molecule has 114 valence electrons. The third kappa shape index (κ3) is 4.47. The molecule has 2 N–H and O–H groups in total. The van der Waals surface area contributed by atoms with Crippen molar-refractivity contribution in [3.8, 4) is 0 Å². The molecule has 1 aliphatic carbocycles. The van der Waals surface area contributed by atoms with Gasteiger partial charge in [0.05, 0.1) is 6.54 Å². The van der Waals surface area contributed by atoms with Gasteiger partial charge in [0.15, 0.2) is 0 Å². The van der Waals surface area contributed by atoms with Crippen LogP contribution in [0.1, 0.15) is 45.4 Å². The van der Waals surface area contributed by atoms with Crippen LogP contribution in [-0.2, 0) is 9.59 Å². The van der Waals surface area contributed by atoms with Gasteiger partial charge in [-0.2, -0.15) is 0 Å². The molecule has 2 atom stereocenters. The zero-order valence-electron chi connectivity index (χ0n) is 12.5. The molecule has 1 heterocycles. The molecule has 0 spiro atoms. The van der Waals surface area contributed by atoms with E-state index in [1.54, 1.807) is 0 Å². The fourth-order valence-electron chi connectivity index (χ4n) is 3.61. The van der Waals surface area contributed by atoms with Gasteiger partial charge in [-0.1, -0.05) is 12.8 Å². The molecule has 0 radical (unpaired) electrons. The summed E-state index contributed by atoms with van der Waals surface area (Å²) in [5.74, 6) is 0.839. The Balaban J connectivity index is 1.71. The molecule has 2 fully saturated rings. The van der Waals surface area contributed by atoms with Crippen LogP contribution in [0.5, 0.6) is 0 Å². The molecule has 2 rings (SSSR count). The molecule has 2 amide bonds. The lowest BCUT2D eigenvalue weighted by atomic mass is 9.78. The molecular weight excluding hydrogens is 254 g/mol. The Bertz CT molecular complexity index is 344. The van der Waals surface area contributed by atoms with Crippen molar-refractivity contribution in [2.75, 3.05) is 26.2 Å². The monoisotopic (exact) mass is 281 g/mol. The highest BCUT2D eigenvalue weighted by Gasteiger charge is 2.33. The third-order valence-electron chi connectivity index (χ3n) is 4.53. The average molecular weight is 281 g/mol. The molecule has 5 nitrogen and oxygen atoms in total. The molecule has 0 aromatic rings. The van der Waals surface area contributed by atoms with Crippen LogP contribution in [0, 0.1) is 5.92 Å². The van der Waals surface area contributed by atoms with Gasteiger partial charge in [0.2, 0.25) is 11.8 Å². The number of fused-ring (bicyclic) bond motifs is 1. The topological polar surface area (TPSA) is 61.4 Å². The van der Waals surface area contributed by atoms with Crippen molar-refractivity contribution in [2.24, 2.45) is 5.92 Å². The molecule has 0 aromatic heterocycles. The highest BCUT2D eigenvalue weighted by Crippen LogP contribution is 2.34. The summed E-state index contributed by atoms with van der Waals surface area (Å²) in [7, 11) is 0. The number of hydrogen-bond donors (Lipinski definition) is 2. The Hall–Kier alpha value is -1.10. The van der Waals surface area contributed by atoms with Gasteiger partial charge in [-0.15, -0.1) is 0 Å². The Morgan fingerprint density at radius 1 is 1.05 bits per heavy atom. The second kappa shape index (κ2) is 7.62. The summed E-state index contributed by atoms with van der Waals surface area (Å²) in [5.41, 5.74) is 0.